The van der Waals surface area contributed by atoms with Crippen LogP contribution in [0.3, 0.4) is 0 Å². The third-order valence-electron chi connectivity index (χ3n) is 3.29. The second kappa shape index (κ2) is 6.83. The number of hydrogen-bond donors (Lipinski definition) is 3. The van der Waals surface area contributed by atoms with E-state index in [9.17, 15) is 14.6 Å². The van der Waals surface area contributed by atoms with Crippen molar-refractivity contribution in [2.24, 2.45) is 0 Å². The molecule has 0 saturated heterocycles. The smallest absolute Gasteiger partial charge is 0.123 e. The number of halogens is 1. The molecule has 0 aliphatic rings. The minimum absolute atomic E-state index is 0.0923. The maximum atomic E-state index is 12.8. The van der Waals surface area contributed by atoms with Crippen LogP contribution in [-0.4, -0.2) is 35.0 Å². The van der Waals surface area contributed by atoms with E-state index in [4.69, 9.17) is 0 Å². The summed E-state index contributed by atoms with van der Waals surface area (Å²) in [6.45, 7) is 3.70. The summed E-state index contributed by atoms with van der Waals surface area (Å²) < 4.78 is 12.8. The van der Waals surface area contributed by atoms with Crippen molar-refractivity contribution in [1.29, 1.82) is 0 Å². The van der Waals surface area contributed by atoms with Crippen molar-refractivity contribution in [2.45, 2.75) is 38.3 Å². The predicted octanol–water partition coefficient (Wildman–Crippen LogP) is 1.48. The van der Waals surface area contributed by atoms with Crippen LogP contribution in [0.15, 0.2) is 24.3 Å². The molecule has 0 heterocycles. The molecule has 3 N–H and O–H groups in total. The van der Waals surface area contributed by atoms with Crippen molar-refractivity contribution in [3.8, 4) is 0 Å². The number of rotatable bonds is 7. The van der Waals surface area contributed by atoms with Gasteiger partial charge in [0.25, 0.3) is 0 Å². The van der Waals surface area contributed by atoms with Gasteiger partial charge in [0.05, 0.1) is 18.8 Å². The van der Waals surface area contributed by atoms with Crippen LogP contribution in [0.2, 0.25) is 0 Å². The van der Waals surface area contributed by atoms with Gasteiger partial charge in [-0.3, -0.25) is 0 Å². The lowest BCUT2D eigenvalue weighted by Gasteiger charge is -2.33. The van der Waals surface area contributed by atoms with E-state index in [1.165, 1.54) is 12.1 Å². The van der Waals surface area contributed by atoms with Gasteiger partial charge in [-0.25, -0.2) is 4.39 Å². The van der Waals surface area contributed by atoms with Gasteiger partial charge in [-0.1, -0.05) is 19.1 Å². The molecule has 102 valence electrons. The van der Waals surface area contributed by atoms with E-state index in [2.05, 4.69) is 5.32 Å². The van der Waals surface area contributed by atoms with Crippen LogP contribution in [-0.2, 0) is 6.42 Å². The van der Waals surface area contributed by atoms with Crippen molar-refractivity contribution in [3.63, 3.8) is 0 Å². The SMILES string of the molecule is CCC(CO)(CO)NC(C)Cc1ccc(F)cc1. The maximum absolute atomic E-state index is 12.8. The number of benzene rings is 1. The average molecular weight is 255 g/mol. The summed E-state index contributed by atoms with van der Waals surface area (Å²) in [4.78, 5) is 0. The van der Waals surface area contributed by atoms with Crippen LogP contribution in [0.5, 0.6) is 0 Å². The first kappa shape index (κ1) is 15.1. The van der Waals surface area contributed by atoms with Gasteiger partial charge in [0.2, 0.25) is 0 Å². The van der Waals surface area contributed by atoms with E-state index < -0.39 is 5.54 Å². The van der Waals surface area contributed by atoms with Crippen molar-refractivity contribution in [2.75, 3.05) is 13.2 Å². The fraction of sp³-hybridized carbons (Fsp3) is 0.571. The second-order valence-electron chi connectivity index (χ2n) is 4.83. The average Bonchev–Trinajstić information content (AvgIpc) is 2.39. The molecule has 0 aliphatic carbocycles. The van der Waals surface area contributed by atoms with E-state index in [1.807, 2.05) is 13.8 Å². The molecule has 0 spiro atoms. The van der Waals surface area contributed by atoms with Gasteiger partial charge in [0.15, 0.2) is 0 Å². The van der Waals surface area contributed by atoms with Crippen LogP contribution < -0.4 is 5.32 Å². The highest BCUT2D eigenvalue weighted by molar-refractivity contribution is 5.17. The Morgan fingerprint density at radius 2 is 1.78 bits per heavy atom. The normalized spacial score (nSPS) is 13.6. The molecular formula is C14H22FNO2. The highest BCUT2D eigenvalue weighted by Gasteiger charge is 2.27. The summed E-state index contributed by atoms with van der Waals surface area (Å²) >= 11 is 0. The summed E-state index contributed by atoms with van der Waals surface area (Å²) in [6.07, 6.45) is 1.37. The van der Waals surface area contributed by atoms with Crippen LogP contribution in [0.1, 0.15) is 25.8 Å². The van der Waals surface area contributed by atoms with Gasteiger partial charge in [0.1, 0.15) is 5.82 Å². The molecule has 1 aromatic carbocycles. The van der Waals surface area contributed by atoms with E-state index in [0.717, 1.165) is 12.0 Å². The molecule has 0 bridgehead atoms. The maximum Gasteiger partial charge on any atom is 0.123 e. The first-order valence-electron chi connectivity index (χ1n) is 6.29. The highest BCUT2D eigenvalue weighted by atomic mass is 19.1. The first-order chi connectivity index (χ1) is 8.55. The Kier molecular flexibility index (Phi) is 5.72. The summed E-state index contributed by atoms with van der Waals surface area (Å²) in [6, 6.07) is 6.47. The lowest BCUT2D eigenvalue weighted by atomic mass is 9.95. The van der Waals surface area contributed by atoms with Crippen molar-refractivity contribution >= 4 is 0 Å². The van der Waals surface area contributed by atoms with Crippen LogP contribution >= 0.6 is 0 Å². The van der Waals surface area contributed by atoms with Crippen molar-refractivity contribution in [1.82, 2.24) is 5.32 Å². The van der Waals surface area contributed by atoms with Gasteiger partial charge in [0, 0.05) is 6.04 Å². The number of hydrogen-bond acceptors (Lipinski definition) is 3. The topological polar surface area (TPSA) is 52.5 Å². The van der Waals surface area contributed by atoms with Gasteiger partial charge >= 0.3 is 0 Å². The summed E-state index contributed by atoms with van der Waals surface area (Å²) in [7, 11) is 0. The fourth-order valence-corrected chi connectivity index (χ4v) is 2.01. The van der Waals surface area contributed by atoms with Crippen LogP contribution in [0.25, 0.3) is 0 Å². The van der Waals surface area contributed by atoms with Gasteiger partial charge < -0.3 is 15.5 Å². The number of aliphatic hydroxyl groups excluding tert-OH is 2. The molecule has 1 unspecified atom stereocenters. The van der Waals surface area contributed by atoms with Crippen molar-refractivity contribution < 1.29 is 14.6 Å². The largest absolute Gasteiger partial charge is 0.394 e. The summed E-state index contributed by atoms with van der Waals surface area (Å²) in [5.41, 5.74) is 0.386. The zero-order valence-corrected chi connectivity index (χ0v) is 11.0. The van der Waals surface area contributed by atoms with E-state index >= 15 is 0 Å². The van der Waals surface area contributed by atoms with E-state index in [0.29, 0.717) is 6.42 Å². The molecule has 0 saturated carbocycles. The van der Waals surface area contributed by atoms with Crippen LogP contribution in [0.4, 0.5) is 4.39 Å². The fourth-order valence-electron chi connectivity index (χ4n) is 2.01. The minimum Gasteiger partial charge on any atom is -0.394 e. The zero-order valence-electron chi connectivity index (χ0n) is 11.0. The molecule has 0 aromatic heterocycles. The zero-order chi connectivity index (χ0) is 13.6. The minimum atomic E-state index is -0.639. The summed E-state index contributed by atoms with van der Waals surface area (Å²) in [5, 5.41) is 22.0. The molecular weight excluding hydrogens is 233 g/mol. The van der Waals surface area contributed by atoms with Crippen molar-refractivity contribution in [3.05, 3.63) is 35.6 Å². The third kappa shape index (κ3) is 4.05. The Bertz CT molecular complexity index is 341. The molecule has 4 heteroatoms. The Morgan fingerprint density at radius 3 is 2.22 bits per heavy atom. The second-order valence-corrected chi connectivity index (χ2v) is 4.83. The quantitative estimate of drug-likeness (QED) is 0.692. The number of nitrogens with one attached hydrogen (secondary N) is 1. The monoisotopic (exact) mass is 255 g/mol. The van der Waals surface area contributed by atoms with Gasteiger partial charge in [-0.05, 0) is 37.5 Å². The molecule has 18 heavy (non-hydrogen) atoms. The van der Waals surface area contributed by atoms with Gasteiger partial charge in [-0.2, -0.15) is 0 Å². The van der Waals surface area contributed by atoms with Crippen LogP contribution in [0, 0.1) is 5.82 Å². The first-order valence-corrected chi connectivity index (χ1v) is 6.29. The Labute approximate surface area is 108 Å². The molecule has 1 aromatic rings. The molecule has 1 atom stereocenters. The predicted molar refractivity (Wildman–Crippen MR) is 69.9 cm³/mol. The standard InChI is InChI=1S/C14H22FNO2/c1-3-14(9-17,10-18)16-11(2)8-12-4-6-13(15)7-5-12/h4-7,11,16-18H,3,8-10H2,1-2H3. The van der Waals surface area contributed by atoms with E-state index in [-0.39, 0.29) is 25.1 Å². The molecule has 3 nitrogen and oxygen atoms in total. The summed E-state index contributed by atoms with van der Waals surface area (Å²) in [5.74, 6) is -0.243. The highest BCUT2D eigenvalue weighted by Crippen LogP contribution is 2.12. The lowest BCUT2D eigenvalue weighted by molar-refractivity contribution is 0.0793. The third-order valence-corrected chi connectivity index (χ3v) is 3.29. The Morgan fingerprint density at radius 1 is 1.22 bits per heavy atom. The molecule has 0 fully saturated rings. The van der Waals surface area contributed by atoms with Gasteiger partial charge in [-0.15, -0.1) is 0 Å². The molecule has 0 amide bonds. The Balaban J connectivity index is 2.60. The Hall–Kier alpha value is -0.970. The molecule has 1 rings (SSSR count). The molecule has 0 radical (unpaired) electrons. The number of aliphatic hydroxyl groups is 2. The van der Waals surface area contributed by atoms with E-state index in [1.54, 1.807) is 12.1 Å². The lowest BCUT2D eigenvalue weighted by Crippen LogP contribution is -2.55. The molecule has 0 aliphatic heterocycles.